The smallest absolute Gasteiger partial charge is 0.358 e. The van der Waals surface area contributed by atoms with Crippen molar-refractivity contribution in [2.75, 3.05) is 28.4 Å². The van der Waals surface area contributed by atoms with E-state index in [0.717, 1.165) is 23.4 Å². The largest absolute Gasteiger partial charge is 0.494 e. The van der Waals surface area contributed by atoms with E-state index in [1.165, 1.54) is 28.3 Å². The van der Waals surface area contributed by atoms with Gasteiger partial charge in [-0.3, -0.25) is 0 Å². The first-order valence-corrected chi connectivity index (χ1v) is 8.25. The van der Waals surface area contributed by atoms with E-state index in [2.05, 4.69) is 0 Å². The van der Waals surface area contributed by atoms with Crippen molar-refractivity contribution in [3.63, 3.8) is 0 Å². The van der Waals surface area contributed by atoms with Crippen LogP contribution in [0.15, 0.2) is 0 Å². The van der Waals surface area contributed by atoms with Gasteiger partial charge >= 0.3 is 23.9 Å². The van der Waals surface area contributed by atoms with Gasteiger partial charge in [-0.15, -0.1) is 0 Å². The fourth-order valence-corrected chi connectivity index (χ4v) is 3.33. The van der Waals surface area contributed by atoms with E-state index in [1.54, 1.807) is 0 Å². The average Bonchev–Trinajstić information content (AvgIpc) is 3.16. The molecule has 0 saturated carbocycles. The van der Waals surface area contributed by atoms with Crippen LogP contribution in [0.4, 0.5) is 0 Å². The number of carbonyl (C=O) groups is 4. The van der Waals surface area contributed by atoms with Gasteiger partial charge in [0.2, 0.25) is 0 Å². The Hall–Kier alpha value is -3.96. The lowest BCUT2D eigenvalue weighted by Gasteiger charge is -2.09. The number of nitrogens with zero attached hydrogens (tertiary/aromatic N) is 2. The molecule has 0 radical (unpaired) electrons. The molecule has 2 heterocycles. The summed E-state index contributed by atoms with van der Waals surface area (Å²) < 4.78 is 22.0. The highest BCUT2D eigenvalue weighted by Gasteiger charge is 2.39. The number of ether oxygens (including phenoxy) is 4. The minimum atomic E-state index is -1.48. The van der Waals surface area contributed by atoms with E-state index in [0.29, 0.717) is 0 Å². The second kappa shape index (κ2) is 8.19. The number of rotatable bonds is 7. The lowest BCUT2D eigenvalue weighted by atomic mass is 10.0. The Bertz CT molecular complexity index is 976. The fraction of sp³-hybridized carbons (Fsp3) is 0.333. The molecule has 0 bridgehead atoms. The van der Waals surface area contributed by atoms with Crippen molar-refractivity contribution in [2.24, 2.45) is 14.1 Å². The summed E-state index contributed by atoms with van der Waals surface area (Å²) in [6.07, 6.45) is 0. The molecule has 2 aromatic rings. The predicted octanol–water partition coefficient (Wildman–Crippen LogP) is 1.02. The van der Waals surface area contributed by atoms with E-state index in [-0.39, 0.29) is 34.0 Å². The summed E-state index contributed by atoms with van der Waals surface area (Å²) in [5.41, 5.74) is -2.03. The molecule has 0 amide bonds. The van der Waals surface area contributed by atoms with Crippen molar-refractivity contribution in [3.8, 4) is 22.6 Å². The molecule has 0 atom stereocenters. The van der Waals surface area contributed by atoms with Gasteiger partial charge in [0.25, 0.3) is 0 Å². The normalized spacial score (nSPS) is 10.5. The molecule has 0 fully saturated rings. The van der Waals surface area contributed by atoms with Crippen molar-refractivity contribution in [1.29, 1.82) is 0 Å². The van der Waals surface area contributed by atoms with Crippen LogP contribution in [-0.2, 0) is 23.6 Å². The van der Waals surface area contributed by atoms with E-state index in [9.17, 15) is 29.4 Å². The first kappa shape index (κ1) is 22.3. The number of esters is 2. The van der Waals surface area contributed by atoms with E-state index >= 15 is 0 Å². The van der Waals surface area contributed by atoms with Crippen molar-refractivity contribution in [2.45, 2.75) is 0 Å². The lowest BCUT2D eigenvalue weighted by Crippen LogP contribution is -2.13. The number of methoxy groups -OCH3 is 4. The number of aromatic carboxylic acids is 2. The molecule has 0 spiro atoms. The third kappa shape index (κ3) is 3.11. The molecule has 2 aromatic heterocycles. The van der Waals surface area contributed by atoms with Gasteiger partial charge in [0.1, 0.15) is 11.4 Å². The standard InChI is InChI=1S/C18H20N2O10/c1-19-9(15(21)22)7(13(27-3)11(19)17(25)29-5)8-10(16(23)24)20(2)12(14(8)28-4)18(26)30-6/h1-6H3,(H,21,22)(H,23,24). The van der Waals surface area contributed by atoms with Crippen LogP contribution in [0.2, 0.25) is 0 Å². The zero-order valence-electron chi connectivity index (χ0n) is 17.1. The van der Waals surface area contributed by atoms with Crippen LogP contribution in [0, 0.1) is 0 Å². The number of aromatic nitrogens is 2. The van der Waals surface area contributed by atoms with Gasteiger partial charge in [0, 0.05) is 14.1 Å². The molecule has 0 aliphatic carbocycles. The molecule has 0 unspecified atom stereocenters. The third-order valence-electron chi connectivity index (χ3n) is 4.52. The summed E-state index contributed by atoms with van der Waals surface area (Å²) in [7, 11) is 7.09. The molecule has 12 heteroatoms. The third-order valence-corrected chi connectivity index (χ3v) is 4.52. The maximum atomic E-state index is 12.3. The number of hydrogen-bond donors (Lipinski definition) is 2. The van der Waals surface area contributed by atoms with Crippen LogP contribution >= 0.6 is 0 Å². The predicted molar refractivity (Wildman–Crippen MR) is 99.5 cm³/mol. The van der Waals surface area contributed by atoms with Crippen molar-refractivity contribution >= 4 is 23.9 Å². The van der Waals surface area contributed by atoms with E-state index in [4.69, 9.17) is 18.9 Å². The minimum Gasteiger partial charge on any atom is -0.494 e. The Balaban J connectivity index is 3.19. The summed E-state index contributed by atoms with van der Waals surface area (Å²) in [6, 6.07) is 0. The van der Waals surface area contributed by atoms with Gasteiger partial charge in [-0.25, -0.2) is 19.2 Å². The van der Waals surface area contributed by atoms with E-state index < -0.39 is 35.3 Å². The average molecular weight is 424 g/mol. The molecular formula is C18H20N2O10. The van der Waals surface area contributed by atoms with Crippen LogP contribution in [0.5, 0.6) is 11.5 Å². The van der Waals surface area contributed by atoms with Crippen LogP contribution in [0.25, 0.3) is 11.1 Å². The molecule has 0 aliphatic heterocycles. The van der Waals surface area contributed by atoms with Crippen LogP contribution in [-0.4, -0.2) is 71.7 Å². The highest BCUT2D eigenvalue weighted by Crippen LogP contribution is 2.47. The van der Waals surface area contributed by atoms with Gasteiger partial charge in [-0.05, 0) is 0 Å². The maximum Gasteiger partial charge on any atom is 0.358 e. The summed E-state index contributed by atoms with van der Waals surface area (Å²) in [4.78, 5) is 48.7. The van der Waals surface area contributed by atoms with Crippen molar-refractivity contribution in [1.82, 2.24) is 9.13 Å². The summed E-state index contributed by atoms with van der Waals surface area (Å²) in [6.45, 7) is 0. The fourth-order valence-electron chi connectivity index (χ4n) is 3.33. The molecule has 2 rings (SSSR count). The second-order valence-electron chi connectivity index (χ2n) is 5.92. The SMILES string of the molecule is COC(=O)c1c(OC)c(-c2c(OC)c(C(=O)OC)n(C)c2C(=O)O)c(C(=O)O)n1C. The lowest BCUT2D eigenvalue weighted by molar-refractivity contribution is 0.0574. The zero-order valence-corrected chi connectivity index (χ0v) is 17.1. The quantitative estimate of drug-likeness (QED) is 0.615. The molecule has 0 aromatic carbocycles. The molecule has 30 heavy (non-hydrogen) atoms. The minimum absolute atomic E-state index is 0.260. The Labute approximate surface area is 170 Å². The summed E-state index contributed by atoms with van der Waals surface area (Å²) in [5, 5.41) is 19.6. The second-order valence-corrected chi connectivity index (χ2v) is 5.92. The highest BCUT2D eigenvalue weighted by atomic mass is 16.5. The first-order chi connectivity index (χ1) is 14.1. The topological polar surface area (TPSA) is 156 Å². The molecule has 0 aliphatic rings. The number of hydrogen-bond acceptors (Lipinski definition) is 8. The Morgan fingerprint density at radius 3 is 1.13 bits per heavy atom. The number of carboxylic acids is 2. The van der Waals surface area contributed by atoms with E-state index in [1.807, 2.05) is 0 Å². The number of carboxylic acid groups (broad SMARTS) is 2. The van der Waals surface area contributed by atoms with Gasteiger partial charge in [-0.2, -0.15) is 0 Å². The van der Waals surface area contributed by atoms with Crippen molar-refractivity contribution in [3.05, 3.63) is 22.8 Å². The zero-order chi connectivity index (χ0) is 22.9. The number of carbonyl (C=O) groups excluding carboxylic acids is 2. The summed E-state index contributed by atoms with van der Waals surface area (Å²) >= 11 is 0. The highest BCUT2D eigenvalue weighted by molar-refractivity contribution is 6.10. The first-order valence-electron chi connectivity index (χ1n) is 8.25. The maximum absolute atomic E-state index is 12.3. The van der Waals surface area contributed by atoms with Gasteiger partial charge < -0.3 is 38.3 Å². The molecule has 162 valence electrons. The Morgan fingerprint density at radius 2 is 0.933 bits per heavy atom. The van der Waals surface area contributed by atoms with Gasteiger partial charge in [0.15, 0.2) is 22.9 Å². The molecule has 12 nitrogen and oxygen atoms in total. The van der Waals surface area contributed by atoms with Crippen LogP contribution in [0.1, 0.15) is 42.0 Å². The van der Waals surface area contributed by atoms with Crippen LogP contribution < -0.4 is 9.47 Å². The van der Waals surface area contributed by atoms with Gasteiger partial charge in [-0.1, -0.05) is 0 Å². The molecular weight excluding hydrogens is 404 g/mol. The van der Waals surface area contributed by atoms with Crippen molar-refractivity contribution < 1.29 is 48.3 Å². The monoisotopic (exact) mass is 424 g/mol. The van der Waals surface area contributed by atoms with Crippen LogP contribution in [0.3, 0.4) is 0 Å². The molecule has 0 saturated heterocycles. The summed E-state index contributed by atoms with van der Waals surface area (Å²) in [5.74, 6) is -5.31. The Morgan fingerprint density at radius 1 is 0.633 bits per heavy atom. The molecule has 2 N–H and O–H groups in total. The Kier molecular flexibility index (Phi) is 6.09. The van der Waals surface area contributed by atoms with Gasteiger partial charge in [0.05, 0.1) is 39.6 Å².